The number of hydrogen-bond donors (Lipinski definition) is 1. The molecule has 2 aromatic carbocycles. The summed E-state index contributed by atoms with van der Waals surface area (Å²) >= 11 is 0. The molecule has 2 aromatic rings. The normalized spacial score (nSPS) is 16.3. The molecule has 0 fully saturated rings. The molecule has 0 aliphatic carbocycles. The predicted octanol–water partition coefficient (Wildman–Crippen LogP) is 3.98. The van der Waals surface area contributed by atoms with E-state index in [0.29, 0.717) is 11.1 Å². The highest BCUT2D eigenvalue weighted by atomic mass is 16.5. The van der Waals surface area contributed by atoms with E-state index < -0.39 is 23.7 Å². The van der Waals surface area contributed by atoms with Gasteiger partial charge in [0.05, 0.1) is 24.3 Å². The minimum atomic E-state index is -0.726. The highest BCUT2D eigenvalue weighted by Crippen LogP contribution is 2.39. The number of esters is 1. The molecule has 1 N–H and O–H groups in total. The van der Waals surface area contributed by atoms with Crippen LogP contribution >= 0.6 is 0 Å². The van der Waals surface area contributed by atoms with Gasteiger partial charge in [0, 0.05) is 13.0 Å². The first-order chi connectivity index (χ1) is 14.3. The van der Waals surface area contributed by atoms with Gasteiger partial charge in [0.25, 0.3) is 5.91 Å². The second kappa shape index (κ2) is 8.95. The Balaban J connectivity index is 2.03. The number of aliphatic hydroxyl groups is 1. The first kappa shape index (κ1) is 21.3. The van der Waals surface area contributed by atoms with E-state index >= 15 is 0 Å². The number of amides is 1. The Kier molecular flexibility index (Phi) is 6.35. The van der Waals surface area contributed by atoms with Crippen molar-refractivity contribution in [1.29, 1.82) is 0 Å². The van der Waals surface area contributed by atoms with Gasteiger partial charge >= 0.3 is 5.97 Å². The van der Waals surface area contributed by atoms with Gasteiger partial charge in [-0.15, -0.1) is 0 Å². The van der Waals surface area contributed by atoms with Gasteiger partial charge in [-0.1, -0.05) is 56.3 Å². The summed E-state index contributed by atoms with van der Waals surface area (Å²) in [4.78, 5) is 39.1. The maximum Gasteiger partial charge on any atom is 0.337 e. The fourth-order valence-corrected chi connectivity index (χ4v) is 3.63. The number of methoxy groups -OCH3 is 1. The van der Waals surface area contributed by atoms with Gasteiger partial charge in [0.1, 0.15) is 0 Å². The van der Waals surface area contributed by atoms with Crippen LogP contribution in [0.2, 0.25) is 0 Å². The summed E-state index contributed by atoms with van der Waals surface area (Å²) in [6.45, 7) is 4.06. The van der Waals surface area contributed by atoms with Gasteiger partial charge in [0.2, 0.25) is 0 Å². The topological polar surface area (TPSA) is 83.9 Å². The lowest BCUT2D eigenvalue weighted by Gasteiger charge is -2.27. The maximum absolute atomic E-state index is 12.9. The van der Waals surface area contributed by atoms with Crippen molar-refractivity contribution in [2.75, 3.05) is 7.11 Å². The van der Waals surface area contributed by atoms with Crippen LogP contribution in [0.25, 0.3) is 0 Å². The van der Waals surface area contributed by atoms with Crippen molar-refractivity contribution >= 4 is 17.7 Å². The van der Waals surface area contributed by atoms with Crippen molar-refractivity contribution in [3.05, 3.63) is 82.6 Å². The first-order valence-electron chi connectivity index (χ1n) is 9.83. The summed E-state index contributed by atoms with van der Waals surface area (Å²) in [5.41, 5.74) is 1.99. The highest BCUT2D eigenvalue weighted by Gasteiger charge is 2.43. The average molecular weight is 407 g/mol. The molecule has 1 aliphatic rings. The van der Waals surface area contributed by atoms with Crippen molar-refractivity contribution in [3.63, 3.8) is 0 Å². The number of benzene rings is 2. The Labute approximate surface area is 175 Å². The van der Waals surface area contributed by atoms with E-state index in [2.05, 4.69) is 0 Å². The number of carbonyl (C=O) groups excluding carboxylic acids is 3. The van der Waals surface area contributed by atoms with Crippen LogP contribution in [0.15, 0.2) is 65.9 Å². The zero-order chi connectivity index (χ0) is 21.8. The SMILES string of the molecule is COC(=O)c1ccc(C2C(C(=O)CC(C)C)=C(O)C(=O)N2Cc2ccccc2)cc1. The lowest BCUT2D eigenvalue weighted by atomic mass is 9.91. The fraction of sp³-hybridized carbons (Fsp3) is 0.292. The number of rotatable bonds is 7. The van der Waals surface area contributed by atoms with Crippen molar-refractivity contribution in [2.24, 2.45) is 5.92 Å². The summed E-state index contributed by atoms with van der Waals surface area (Å²) in [5, 5.41) is 10.6. The van der Waals surface area contributed by atoms with E-state index in [0.717, 1.165) is 5.56 Å². The minimum absolute atomic E-state index is 0.0819. The third-order valence-corrected chi connectivity index (χ3v) is 5.04. The summed E-state index contributed by atoms with van der Waals surface area (Å²) in [6, 6.07) is 15.2. The monoisotopic (exact) mass is 407 g/mol. The third-order valence-electron chi connectivity index (χ3n) is 5.04. The van der Waals surface area contributed by atoms with Gasteiger partial charge in [-0.3, -0.25) is 9.59 Å². The molecule has 1 heterocycles. The van der Waals surface area contributed by atoms with Crippen LogP contribution in [-0.4, -0.2) is 34.8 Å². The Morgan fingerprint density at radius 2 is 1.70 bits per heavy atom. The Morgan fingerprint density at radius 1 is 1.07 bits per heavy atom. The zero-order valence-corrected chi connectivity index (χ0v) is 17.3. The fourth-order valence-electron chi connectivity index (χ4n) is 3.63. The Hall–Kier alpha value is -3.41. The molecule has 1 atom stereocenters. The zero-order valence-electron chi connectivity index (χ0n) is 17.3. The van der Waals surface area contributed by atoms with Crippen LogP contribution < -0.4 is 0 Å². The van der Waals surface area contributed by atoms with Gasteiger partial charge in [-0.05, 0) is 29.2 Å². The summed E-state index contributed by atoms with van der Waals surface area (Å²) in [5.74, 6) is -1.72. The molecule has 1 amide bonds. The molecule has 3 rings (SSSR count). The van der Waals surface area contributed by atoms with Gasteiger partial charge in [0.15, 0.2) is 11.5 Å². The molecule has 0 saturated heterocycles. The minimum Gasteiger partial charge on any atom is -0.503 e. The first-order valence-corrected chi connectivity index (χ1v) is 9.83. The molecule has 1 unspecified atom stereocenters. The lowest BCUT2D eigenvalue weighted by molar-refractivity contribution is -0.130. The Bertz CT molecular complexity index is 976. The number of ketones is 1. The number of ether oxygens (including phenoxy) is 1. The third kappa shape index (κ3) is 4.27. The van der Waals surface area contributed by atoms with Crippen LogP contribution in [0, 0.1) is 5.92 Å². The average Bonchev–Trinajstić information content (AvgIpc) is 2.98. The van der Waals surface area contributed by atoms with Crippen molar-refractivity contribution in [1.82, 2.24) is 4.90 Å². The molecular weight excluding hydrogens is 382 g/mol. The van der Waals surface area contributed by atoms with Gasteiger partial charge in [-0.25, -0.2) is 4.79 Å². The van der Waals surface area contributed by atoms with Gasteiger partial charge < -0.3 is 14.7 Å². The number of hydrogen-bond acceptors (Lipinski definition) is 5. The van der Waals surface area contributed by atoms with E-state index in [4.69, 9.17) is 4.74 Å². The molecule has 0 spiro atoms. The second-order valence-electron chi connectivity index (χ2n) is 7.72. The van der Waals surface area contributed by atoms with Crippen molar-refractivity contribution < 1.29 is 24.2 Å². The lowest BCUT2D eigenvalue weighted by Crippen LogP contribution is -2.30. The van der Waals surface area contributed by atoms with Crippen LogP contribution in [-0.2, 0) is 20.9 Å². The van der Waals surface area contributed by atoms with Gasteiger partial charge in [-0.2, -0.15) is 0 Å². The molecule has 0 aromatic heterocycles. The van der Waals surface area contributed by atoms with E-state index in [1.807, 2.05) is 44.2 Å². The summed E-state index contributed by atoms with van der Waals surface area (Å²) < 4.78 is 4.73. The van der Waals surface area contributed by atoms with E-state index in [1.165, 1.54) is 12.0 Å². The molecule has 0 saturated carbocycles. The molecule has 0 radical (unpaired) electrons. The molecular formula is C24H25NO5. The molecule has 156 valence electrons. The van der Waals surface area contributed by atoms with E-state index in [9.17, 15) is 19.5 Å². The van der Waals surface area contributed by atoms with Crippen LogP contribution in [0.4, 0.5) is 0 Å². The van der Waals surface area contributed by atoms with Crippen LogP contribution in [0.5, 0.6) is 0 Å². The maximum atomic E-state index is 12.9. The smallest absolute Gasteiger partial charge is 0.337 e. The largest absolute Gasteiger partial charge is 0.503 e. The highest BCUT2D eigenvalue weighted by molar-refractivity contribution is 6.09. The number of carbonyl (C=O) groups is 3. The van der Waals surface area contributed by atoms with Crippen LogP contribution in [0.1, 0.15) is 47.8 Å². The summed E-state index contributed by atoms with van der Waals surface area (Å²) in [6.07, 6.45) is 0.225. The summed E-state index contributed by atoms with van der Waals surface area (Å²) in [7, 11) is 1.30. The van der Waals surface area contributed by atoms with E-state index in [-0.39, 0.29) is 30.2 Å². The molecule has 6 nitrogen and oxygen atoms in total. The number of nitrogens with zero attached hydrogens (tertiary/aromatic N) is 1. The standard InChI is InChI=1S/C24H25NO5/c1-15(2)13-19(26)20-21(17-9-11-18(12-10-17)24(29)30-3)25(23(28)22(20)27)14-16-7-5-4-6-8-16/h4-12,15,21,27H,13-14H2,1-3H3. The molecule has 30 heavy (non-hydrogen) atoms. The van der Waals surface area contributed by atoms with E-state index in [1.54, 1.807) is 24.3 Å². The van der Waals surface area contributed by atoms with Crippen molar-refractivity contribution in [3.8, 4) is 0 Å². The van der Waals surface area contributed by atoms with Crippen LogP contribution in [0.3, 0.4) is 0 Å². The Morgan fingerprint density at radius 3 is 2.27 bits per heavy atom. The van der Waals surface area contributed by atoms with Crippen molar-refractivity contribution in [2.45, 2.75) is 32.9 Å². The molecule has 1 aliphatic heterocycles. The molecule has 6 heteroatoms. The second-order valence-corrected chi connectivity index (χ2v) is 7.72. The number of Topliss-reactive ketones (excluding diaryl/α,β-unsaturated/α-hetero) is 1. The quantitative estimate of drug-likeness (QED) is 0.702. The number of aliphatic hydroxyl groups excluding tert-OH is 1. The molecule has 0 bridgehead atoms. The predicted molar refractivity (Wildman–Crippen MR) is 112 cm³/mol.